The molecule has 0 spiro atoms. The Bertz CT molecular complexity index is 473. The average molecular weight is 246 g/mol. The van der Waals surface area contributed by atoms with Gasteiger partial charge in [-0.05, 0) is 30.4 Å². The number of hydrogen-bond acceptors (Lipinski definition) is 3. The zero-order chi connectivity index (χ0) is 13.3. The quantitative estimate of drug-likeness (QED) is 0.608. The summed E-state index contributed by atoms with van der Waals surface area (Å²) < 4.78 is 4.65. The van der Waals surface area contributed by atoms with Crippen LogP contribution in [0.25, 0.3) is 0 Å². The molecule has 0 saturated carbocycles. The maximum Gasteiger partial charge on any atom is 0.324 e. The summed E-state index contributed by atoms with van der Waals surface area (Å²) in [7, 11) is 0. The molecule has 1 aliphatic rings. The summed E-state index contributed by atoms with van der Waals surface area (Å²) in [6.07, 6.45) is 1.15. The van der Waals surface area contributed by atoms with E-state index < -0.39 is 17.4 Å². The van der Waals surface area contributed by atoms with E-state index in [0.29, 0.717) is 5.92 Å². The lowest BCUT2D eigenvalue weighted by Crippen LogP contribution is -2.27. The number of rotatable bonds is 3. The molecule has 1 aromatic rings. The van der Waals surface area contributed by atoms with Crippen LogP contribution in [0.2, 0.25) is 0 Å². The second kappa shape index (κ2) is 4.56. The number of ether oxygens (including phenoxy) is 1. The maximum atomic E-state index is 11.7. The molecule has 96 valence electrons. The normalized spacial score (nSPS) is 23.6. The summed E-state index contributed by atoms with van der Waals surface area (Å²) in [4.78, 5) is 22.9. The van der Waals surface area contributed by atoms with Crippen molar-refractivity contribution >= 4 is 11.9 Å². The molecule has 0 N–H and O–H groups in total. The van der Waals surface area contributed by atoms with Gasteiger partial charge in [0.1, 0.15) is 5.41 Å². The highest BCUT2D eigenvalue weighted by Gasteiger charge is 2.46. The van der Waals surface area contributed by atoms with Gasteiger partial charge in [0, 0.05) is 0 Å². The van der Waals surface area contributed by atoms with Crippen molar-refractivity contribution in [3.8, 4) is 0 Å². The molecule has 18 heavy (non-hydrogen) atoms. The minimum Gasteiger partial charge on any atom is -0.392 e. The monoisotopic (exact) mass is 246 g/mol. The van der Waals surface area contributed by atoms with E-state index >= 15 is 0 Å². The largest absolute Gasteiger partial charge is 0.392 e. The van der Waals surface area contributed by atoms with Gasteiger partial charge in [-0.1, -0.05) is 38.1 Å². The Morgan fingerprint density at radius 1 is 1.22 bits per heavy atom. The SMILES string of the molecule is CC(C)Cc1ccc(C2(C)CC(=O)OC2=O)cc1. The number of benzene rings is 1. The van der Waals surface area contributed by atoms with E-state index in [9.17, 15) is 9.59 Å². The highest BCUT2D eigenvalue weighted by molar-refractivity contribution is 6.00. The third-order valence-corrected chi connectivity index (χ3v) is 3.39. The number of hydrogen-bond donors (Lipinski definition) is 0. The van der Waals surface area contributed by atoms with Crippen molar-refractivity contribution < 1.29 is 14.3 Å². The van der Waals surface area contributed by atoms with E-state index in [4.69, 9.17) is 0 Å². The first-order valence-corrected chi connectivity index (χ1v) is 6.26. The maximum absolute atomic E-state index is 11.7. The smallest absolute Gasteiger partial charge is 0.324 e. The van der Waals surface area contributed by atoms with Crippen LogP contribution in [0.5, 0.6) is 0 Å². The van der Waals surface area contributed by atoms with Gasteiger partial charge in [-0.15, -0.1) is 0 Å². The Labute approximate surface area is 107 Å². The number of carbonyl (C=O) groups is 2. The summed E-state index contributed by atoms with van der Waals surface area (Å²) in [5, 5.41) is 0. The molecule has 0 amide bonds. The minimum absolute atomic E-state index is 0.134. The van der Waals surface area contributed by atoms with E-state index in [1.165, 1.54) is 5.56 Å². The fourth-order valence-electron chi connectivity index (χ4n) is 2.31. The van der Waals surface area contributed by atoms with E-state index in [1.54, 1.807) is 6.92 Å². The summed E-state index contributed by atoms with van der Waals surface area (Å²) in [6.45, 7) is 6.10. The Kier molecular flexibility index (Phi) is 3.24. The second-order valence-electron chi connectivity index (χ2n) is 5.57. The highest BCUT2D eigenvalue weighted by atomic mass is 16.6. The molecule has 1 aliphatic heterocycles. The van der Waals surface area contributed by atoms with Gasteiger partial charge in [-0.2, -0.15) is 0 Å². The average Bonchev–Trinajstić information content (AvgIpc) is 2.53. The van der Waals surface area contributed by atoms with Crippen LogP contribution in [0.3, 0.4) is 0 Å². The number of carbonyl (C=O) groups excluding carboxylic acids is 2. The molecule has 2 rings (SSSR count). The van der Waals surface area contributed by atoms with Gasteiger partial charge in [0.2, 0.25) is 0 Å². The molecule has 3 heteroatoms. The van der Waals surface area contributed by atoms with Crippen LogP contribution >= 0.6 is 0 Å². The Hall–Kier alpha value is -1.64. The van der Waals surface area contributed by atoms with E-state index in [1.807, 2.05) is 24.3 Å². The van der Waals surface area contributed by atoms with Crippen LogP contribution < -0.4 is 0 Å². The van der Waals surface area contributed by atoms with Crippen LogP contribution in [-0.4, -0.2) is 11.9 Å². The van der Waals surface area contributed by atoms with E-state index in [0.717, 1.165) is 12.0 Å². The first-order chi connectivity index (χ1) is 8.41. The van der Waals surface area contributed by atoms with Crippen molar-refractivity contribution in [1.29, 1.82) is 0 Å². The summed E-state index contributed by atoms with van der Waals surface area (Å²) >= 11 is 0. The second-order valence-corrected chi connectivity index (χ2v) is 5.57. The third-order valence-electron chi connectivity index (χ3n) is 3.39. The Balaban J connectivity index is 2.24. The van der Waals surface area contributed by atoms with Crippen molar-refractivity contribution in [2.45, 2.75) is 39.0 Å². The zero-order valence-corrected chi connectivity index (χ0v) is 11.0. The highest BCUT2D eigenvalue weighted by Crippen LogP contribution is 2.34. The zero-order valence-electron chi connectivity index (χ0n) is 11.0. The molecule has 1 fully saturated rings. The first kappa shape index (κ1) is 12.8. The lowest BCUT2D eigenvalue weighted by molar-refractivity contribution is -0.153. The predicted molar refractivity (Wildman–Crippen MR) is 68.1 cm³/mol. The number of cyclic esters (lactones) is 2. The van der Waals surface area contributed by atoms with Gasteiger partial charge in [0.15, 0.2) is 0 Å². The van der Waals surface area contributed by atoms with E-state index in [2.05, 4.69) is 18.6 Å². The van der Waals surface area contributed by atoms with Crippen LogP contribution in [0, 0.1) is 5.92 Å². The third kappa shape index (κ3) is 2.30. The molecule has 0 aliphatic carbocycles. The van der Waals surface area contributed by atoms with Crippen LogP contribution in [0.15, 0.2) is 24.3 Å². The lowest BCUT2D eigenvalue weighted by Gasteiger charge is -2.18. The molecule has 3 nitrogen and oxygen atoms in total. The van der Waals surface area contributed by atoms with E-state index in [-0.39, 0.29) is 6.42 Å². The van der Waals surface area contributed by atoms with Crippen LogP contribution in [0.4, 0.5) is 0 Å². The molecule has 0 aromatic heterocycles. The standard InChI is InChI=1S/C15H18O3/c1-10(2)8-11-4-6-12(7-5-11)15(3)9-13(16)18-14(15)17/h4-7,10H,8-9H2,1-3H3. The molecule has 0 bridgehead atoms. The predicted octanol–water partition coefficient (Wildman–Crippen LogP) is 2.62. The summed E-state index contributed by atoms with van der Waals surface area (Å²) in [5.41, 5.74) is 1.29. The summed E-state index contributed by atoms with van der Waals surface area (Å²) in [5.74, 6) is -0.276. The molecule has 1 saturated heterocycles. The minimum atomic E-state index is -0.812. The van der Waals surface area contributed by atoms with Crippen LogP contribution in [0.1, 0.15) is 38.3 Å². The van der Waals surface area contributed by atoms with Crippen LogP contribution in [-0.2, 0) is 26.2 Å². The molecule has 1 unspecified atom stereocenters. The van der Waals surface area contributed by atoms with Gasteiger partial charge >= 0.3 is 11.9 Å². The van der Waals surface area contributed by atoms with Crippen molar-refractivity contribution in [3.63, 3.8) is 0 Å². The molecule has 1 atom stereocenters. The fourth-order valence-corrected chi connectivity index (χ4v) is 2.31. The molecular weight excluding hydrogens is 228 g/mol. The Morgan fingerprint density at radius 3 is 2.28 bits per heavy atom. The van der Waals surface area contributed by atoms with Gasteiger partial charge in [0.25, 0.3) is 0 Å². The van der Waals surface area contributed by atoms with Crippen molar-refractivity contribution in [1.82, 2.24) is 0 Å². The van der Waals surface area contributed by atoms with Gasteiger partial charge < -0.3 is 4.74 Å². The van der Waals surface area contributed by atoms with Gasteiger partial charge in [-0.25, -0.2) is 0 Å². The topological polar surface area (TPSA) is 43.4 Å². The van der Waals surface area contributed by atoms with Crippen molar-refractivity contribution in [2.24, 2.45) is 5.92 Å². The van der Waals surface area contributed by atoms with Crippen molar-refractivity contribution in [2.75, 3.05) is 0 Å². The first-order valence-electron chi connectivity index (χ1n) is 6.26. The molecule has 0 radical (unpaired) electrons. The van der Waals surface area contributed by atoms with Gasteiger partial charge in [-0.3, -0.25) is 9.59 Å². The molecule has 1 heterocycles. The fraction of sp³-hybridized carbons (Fsp3) is 0.467. The molecule has 1 aromatic carbocycles. The number of esters is 2. The summed E-state index contributed by atoms with van der Waals surface area (Å²) in [6, 6.07) is 7.91. The van der Waals surface area contributed by atoms with Gasteiger partial charge in [0.05, 0.1) is 6.42 Å². The molecular formula is C15H18O3. The van der Waals surface area contributed by atoms with Crippen molar-refractivity contribution in [3.05, 3.63) is 35.4 Å². The lowest BCUT2D eigenvalue weighted by atomic mass is 9.80. The Morgan fingerprint density at radius 2 is 1.83 bits per heavy atom.